The maximum absolute atomic E-state index is 11.6. The van der Waals surface area contributed by atoms with E-state index >= 15 is 0 Å². The van der Waals surface area contributed by atoms with Gasteiger partial charge in [-0.1, -0.05) is 54.6 Å². The fourth-order valence-electron chi connectivity index (χ4n) is 1.83. The summed E-state index contributed by atoms with van der Waals surface area (Å²) in [6.45, 7) is 4.92. The predicted octanol–water partition coefficient (Wildman–Crippen LogP) is 2.97. The molecule has 0 aliphatic carbocycles. The number of carboxylic acid groups (broad SMARTS) is 1. The summed E-state index contributed by atoms with van der Waals surface area (Å²) in [5, 5.41) is 9.95. The monoisotopic (exact) mass is 385 g/mol. The van der Waals surface area contributed by atoms with Gasteiger partial charge in [-0.15, -0.1) is 0 Å². The Hall–Kier alpha value is -1.78. The zero-order valence-corrected chi connectivity index (χ0v) is 14.8. The summed E-state index contributed by atoms with van der Waals surface area (Å²) in [6.07, 6.45) is -1.36. The molecule has 0 aromatic heterocycles. The molecule has 0 bridgehead atoms. The first-order valence-corrected chi connectivity index (χ1v) is 8.52. The summed E-state index contributed by atoms with van der Waals surface area (Å²) in [4.78, 5) is 12.2. The Morgan fingerprint density at radius 1 is 1.36 bits per heavy atom. The second kappa shape index (κ2) is 7.47. The predicted molar refractivity (Wildman–Crippen MR) is 91.0 cm³/mol. The number of hydrogen-bond acceptors (Lipinski definition) is 3. The molecular formula is C15H16BrNO4S. The van der Waals surface area contributed by atoms with Gasteiger partial charge < -0.3 is 5.11 Å². The summed E-state index contributed by atoms with van der Waals surface area (Å²) < 4.78 is 23.1. The van der Waals surface area contributed by atoms with Gasteiger partial charge in [-0.2, -0.15) is 8.42 Å². The second-order valence-corrected chi connectivity index (χ2v) is 6.81. The second-order valence-electron chi connectivity index (χ2n) is 5.39. The van der Waals surface area contributed by atoms with Gasteiger partial charge in [0.1, 0.15) is 0 Å². The van der Waals surface area contributed by atoms with Crippen molar-refractivity contribution in [3.8, 4) is 11.8 Å². The lowest BCUT2D eigenvalue weighted by molar-refractivity contribution is 0.205. The number of amides is 1. The molecule has 0 fully saturated rings. The van der Waals surface area contributed by atoms with Crippen molar-refractivity contribution in [2.24, 2.45) is 5.41 Å². The maximum atomic E-state index is 11.6. The molecule has 0 saturated carbocycles. The van der Waals surface area contributed by atoms with Gasteiger partial charge in [-0.3, -0.25) is 0 Å². The number of anilines is 1. The Kier molecular flexibility index (Phi) is 6.21. The average molecular weight is 386 g/mol. The molecule has 0 aliphatic rings. The Labute approximate surface area is 139 Å². The molecule has 1 aromatic rings. The van der Waals surface area contributed by atoms with Crippen molar-refractivity contribution in [3.05, 3.63) is 29.8 Å². The molecule has 1 aromatic carbocycles. The molecular weight excluding hydrogens is 370 g/mol. The number of alkyl halides is 1. The molecule has 0 radical (unpaired) electrons. The smallest absolute Gasteiger partial charge is 0.417 e. The lowest BCUT2D eigenvalue weighted by atomic mass is 9.95. The van der Waals surface area contributed by atoms with Crippen LogP contribution in [0.5, 0.6) is 0 Å². The van der Waals surface area contributed by atoms with Gasteiger partial charge in [-0.25, -0.2) is 9.69 Å². The maximum Gasteiger partial charge on any atom is 0.417 e. The van der Waals surface area contributed by atoms with E-state index < -0.39 is 21.8 Å². The van der Waals surface area contributed by atoms with Crippen molar-refractivity contribution in [2.45, 2.75) is 20.8 Å². The summed E-state index contributed by atoms with van der Waals surface area (Å²) in [5.41, 5.74) is -0.0149. The fraction of sp³-hybridized carbons (Fsp3) is 0.333. The zero-order chi connectivity index (χ0) is 16.9. The number of benzene rings is 1. The van der Waals surface area contributed by atoms with Gasteiger partial charge in [0, 0.05) is 11.0 Å². The first-order chi connectivity index (χ1) is 10.2. The highest BCUT2D eigenvalue weighted by atomic mass is 79.9. The largest absolute Gasteiger partial charge is 0.464 e. The highest BCUT2D eigenvalue weighted by Crippen LogP contribution is 2.25. The standard InChI is InChI=1S/C15H16BrNO4S/c1-15(2,3)13(22(20)21)17(14(18)19)12-8-4-6-11(10-12)7-5-9-16/h4,6,8,10H,9H2,1-3H3,(H,18,19). The Balaban J connectivity index is 3.52. The van der Waals surface area contributed by atoms with Gasteiger partial charge in [0.05, 0.1) is 11.0 Å². The van der Waals surface area contributed by atoms with E-state index in [1.54, 1.807) is 39.0 Å². The summed E-state index contributed by atoms with van der Waals surface area (Å²) in [7, 11) is -2.67. The van der Waals surface area contributed by atoms with Crippen molar-refractivity contribution in [3.63, 3.8) is 0 Å². The van der Waals surface area contributed by atoms with E-state index in [0.29, 0.717) is 10.9 Å². The van der Waals surface area contributed by atoms with Crippen LogP contribution in [0.4, 0.5) is 10.5 Å². The minimum atomic E-state index is -2.67. The molecule has 7 heteroatoms. The SMILES string of the molecule is CC(C)(C)C(N(C(=O)O)c1cccc(C#CCBr)c1)=S(=O)=O. The Bertz CT molecular complexity index is 759. The van der Waals surface area contributed by atoms with Crippen LogP contribution in [-0.2, 0) is 10.3 Å². The molecule has 1 N–H and O–H groups in total. The lowest BCUT2D eigenvalue weighted by Gasteiger charge is -2.28. The number of rotatable bonds is 1. The van der Waals surface area contributed by atoms with E-state index in [4.69, 9.17) is 0 Å². The zero-order valence-electron chi connectivity index (χ0n) is 12.4. The summed E-state index contributed by atoms with van der Waals surface area (Å²) in [5.74, 6) is 5.67. The van der Waals surface area contributed by atoms with Gasteiger partial charge in [0.25, 0.3) is 0 Å². The molecule has 0 saturated heterocycles. The van der Waals surface area contributed by atoms with E-state index in [0.717, 1.165) is 4.90 Å². The molecule has 1 rings (SSSR count). The van der Waals surface area contributed by atoms with Gasteiger partial charge in [0.15, 0.2) is 4.99 Å². The molecule has 0 unspecified atom stereocenters. The quantitative estimate of drug-likeness (QED) is 0.458. The number of hydrogen-bond donors (Lipinski definition) is 1. The molecule has 0 atom stereocenters. The van der Waals surface area contributed by atoms with Crippen LogP contribution in [0.1, 0.15) is 26.3 Å². The van der Waals surface area contributed by atoms with Crippen LogP contribution in [-0.4, -0.2) is 29.9 Å². The normalized spacial score (nSPS) is 10.4. The number of nitrogens with zero attached hydrogens (tertiary/aromatic N) is 1. The minimum absolute atomic E-state index is 0.217. The highest BCUT2D eigenvalue weighted by molar-refractivity contribution is 9.09. The molecule has 22 heavy (non-hydrogen) atoms. The van der Waals surface area contributed by atoms with Crippen LogP contribution in [0.3, 0.4) is 0 Å². The molecule has 1 amide bonds. The third-order valence-electron chi connectivity index (χ3n) is 2.60. The van der Waals surface area contributed by atoms with E-state index in [-0.39, 0.29) is 10.7 Å². The first kappa shape index (κ1) is 18.3. The number of carbonyl (C=O) groups is 1. The van der Waals surface area contributed by atoms with E-state index in [1.807, 2.05) is 0 Å². The van der Waals surface area contributed by atoms with Crippen LogP contribution >= 0.6 is 15.9 Å². The first-order valence-electron chi connectivity index (χ1n) is 6.33. The van der Waals surface area contributed by atoms with Crippen LogP contribution < -0.4 is 4.90 Å². The topological polar surface area (TPSA) is 74.7 Å². The number of halogens is 1. The van der Waals surface area contributed by atoms with E-state index in [9.17, 15) is 18.3 Å². The summed E-state index contributed by atoms with van der Waals surface area (Å²) in [6, 6.07) is 6.44. The summed E-state index contributed by atoms with van der Waals surface area (Å²) >= 11 is 3.18. The Morgan fingerprint density at radius 2 is 2.00 bits per heavy atom. The molecule has 5 nitrogen and oxygen atoms in total. The van der Waals surface area contributed by atoms with Crippen LogP contribution in [0.25, 0.3) is 0 Å². The van der Waals surface area contributed by atoms with Crippen molar-refractivity contribution in [1.29, 1.82) is 0 Å². The average Bonchev–Trinajstić information content (AvgIpc) is 2.40. The van der Waals surface area contributed by atoms with Crippen molar-refractivity contribution in [2.75, 3.05) is 10.2 Å². The van der Waals surface area contributed by atoms with Crippen molar-refractivity contribution in [1.82, 2.24) is 0 Å². The molecule has 0 aliphatic heterocycles. The van der Waals surface area contributed by atoms with Gasteiger partial charge in [-0.05, 0) is 18.2 Å². The molecule has 0 spiro atoms. The highest BCUT2D eigenvalue weighted by Gasteiger charge is 2.32. The molecule has 118 valence electrons. The van der Waals surface area contributed by atoms with E-state index in [1.165, 1.54) is 6.07 Å². The minimum Gasteiger partial charge on any atom is -0.464 e. The van der Waals surface area contributed by atoms with Gasteiger partial charge >= 0.3 is 6.09 Å². The van der Waals surface area contributed by atoms with Crippen LogP contribution in [0.15, 0.2) is 24.3 Å². The third-order valence-corrected chi connectivity index (χ3v) is 3.99. The van der Waals surface area contributed by atoms with Gasteiger partial charge in [0.2, 0.25) is 10.3 Å². The van der Waals surface area contributed by atoms with Crippen molar-refractivity contribution < 1.29 is 18.3 Å². The Morgan fingerprint density at radius 3 is 2.45 bits per heavy atom. The van der Waals surface area contributed by atoms with E-state index in [2.05, 4.69) is 27.8 Å². The molecule has 0 heterocycles. The third kappa shape index (κ3) is 4.61. The van der Waals surface area contributed by atoms with Crippen LogP contribution in [0, 0.1) is 17.3 Å². The fourth-order valence-corrected chi connectivity index (χ4v) is 2.81. The van der Waals surface area contributed by atoms with Crippen LogP contribution in [0.2, 0.25) is 0 Å². The van der Waals surface area contributed by atoms with Crippen molar-refractivity contribution >= 4 is 43.0 Å². The lowest BCUT2D eigenvalue weighted by Crippen LogP contribution is -2.43.